The molecule has 172 valence electrons. The molecule has 1 aliphatic rings. The smallest absolute Gasteiger partial charge is 0.282 e. The van der Waals surface area contributed by atoms with Gasteiger partial charge in [-0.2, -0.15) is 0 Å². The van der Waals surface area contributed by atoms with E-state index in [1.807, 2.05) is 6.07 Å². The Morgan fingerprint density at radius 2 is 1.56 bits per heavy atom. The number of amides is 3. The van der Waals surface area contributed by atoms with Crippen LogP contribution in [0.2, 0.25) is 0 Å². The van der Waals surface area contributed by atoms with E-state index < -0.39 is 11.8 Å². The molecule has 3 amide bonds. The van der Waals surface area contributed by atoms with Crippen LogP contribution in [-0.2, 0) is 14.4 Å². The van der Waals surface area contributed by atoms with E-state index in [-0.39, 0.29) is 17.2 Å². The molecule has 3 aromatic rings. The summed E-state index contributed by atoms with van der Waals surface area (Å²) in [6.45, 7) is 1.41. The quantitative estimate of drug-likeness (QED) is 0.520. The van der Waals surface area contributed by atoms with E-state index in [2.05, 4.69) is 10.6 Å². The molecule has 1 heterocycles. The van der Waals surface area contributed by atoms with E-state index >= 15 is 0 Å². The maximum atomic E-state index is 13.5. The highest BCUT2D eigenvalue weighted by molar-refractivity contribution is 6.46. The number of nitrogens with zero attached hydrogens (tertiary/aromatic N) is 1. The predicted octanol–water partition coefficient (Wildman–Crippen LogP) is 4.06. The third-order valence-corrected chi connectivity index (χ3v) is 5.26. The van der Waals surface area contributed by atoms with E-state index in [1.165, 1.54) is 14.0 Å². The van der Waals surface area contributed by atoms with Crippen LogP contribution in [0.4, 0.5) is 17.1 Å². The Kier molecular flexibility index (Phi) is 6.31. The van der Waals surface area contributed by atoms with Gasteiger partial charge in [-0.05, 0) is 42.0 Å². The molecule has 8 nitrogen and oxygen atoms in total. The first-order valence-electron chi connectivity index (χ1n) is 10.5. The molecule has 0 saturated carbocycles. The van der Waals surface area contributed by atoms with Gasteiger partial charge in [-0.25, -0.2) is 4.90 Å². The van der Waals surface area contributed by atoms with Crippen molar-refractivity contribution >= 4 is 40.4 Å². The summed E-state index contributed by atoms with van der Waals surface area (Å²) in [6, 6.07) is 20.6. The molecule has 0 spiro atoms. The lowest BCUT2D eigenvalue weighted by Gasteiger charge is -2.16. The summed E-state index contributed by atoms with van der Waals surface area (Å²) < 4.78 is 10.7. The monoisotopic (exact) mass is 457 g/mol. The van der Waals surface area contributed by atoms with Crippen molar-refractivity contribution < 1.29 is 23.9 Å². The molecule has 1 aliphatic heterocycles. The molecule has 0 saturated heterocycles. The lowest BCUT2D eigenvalue weighted by molar-refractivity contribution is -0.120. The Hall–Kier alpha value is -4.59. The normalized spacial score (nSPS) is 13.2. The Morgan fingerprint density at radius 3 is 2.18 bits per heavy atom. The summed E-state index contributed by atoms with van der Waals surface area (Å²) in [4.78, 5) is 39.5. The molecule has 34 heavy (non-hydrogen) atoms. The number of benzene rings is 3. The van der Waals surface area contributed by atoms with Crippen molar-refractivity contribution in [2.24, 2.45) is 0 Å². The second-order valence-electron chi connectivity index (χ2n) is 7.48. The first kappa shape index (κ1) is 22.6. The second-order valence-corrected chi connectivity index (χ2v) is 7.48. The van der Waals surface area contributed by atoms with Crippen LogP contribution in [0.5, 0.6) is 11.5 Å². The van der Waals surface area contributed by atoms with Crippen molar-refractivity contribution in [1.82, 2.24) is 0 Å². The summed E-state index contributed by atoms with van der Waals surface area (Å²) in [5.74, 6) is -0.131. The number of carbonyl (C=O) groups excluding carboxylic acids is 3. The summed E-state index contributed by atoms with van der Waals surface area (Å²) in [7, 11) is 3.06. The number of anilines is 3. The lowest BCUT2D eigenvalue weighted by atomic mass is 10.0. The summed E-state index contributed by atoms with van der Waals surface area (Å²) >= 11 is 0. The summed E-state index contributed by atoms with van der Waals surface area (Å²) in [6.07, 6.45) is 0. The average Bonchev–Trinajstić information content (AvgIpc) is 3.09. The van der Waals surface area contributed by atoms with Crippen LogP contribution in [-0.4, -0.2) is 31.9 Å². The topological polar surface area (TPSA) is 97.0 Å². The van der Waals surface area contributed by atoms with Gasteiger partial charge in [0.2, 0.25) is 5.91 Å². The largest absolute Gasteiger partial charge is 0.497 e. The van der Waals surface area contributed by atoms with E-state index in [4.69, 9.17) is 9.47 Å². The molecule has 3 aromatic carbocycles. The molecule has 2 N–H and O–H groups in total. The SMILES string of the molecule is COc1ccc(NC2=C(c3ccccc3)C(=O)N(c3ccc(NC(C)=O)cc3)C2=O)c(OC)c1. The van der Waals surface area contributed by atoms with Crippen LogP contribution in [0.3, 0.4) is 0 Å². The molecular weight excluding hydrogens is 434 g/mol. The maximum absolute atomic E-state index is 13.5. The van der Waals surface area contributed by atoms with Gasteiger partial charge in [-0.15, -0.1) is 0 Å². The minimum atomic E-state index is -0.506. The lowest BCUT2D eigenvalue weighted by Crippen LogP contribution is -2.32. The van der Waals surface area contributed by atoms with Gasteiger partial charge in [0.05, 0.1) is 31.2 Å². The van der Waals surface area contributed by atoms with E-state index in [0.29, 0.717) is 34.1 Å². The van der Waals surface area contributed by atoms with Crippen LogP contribution in [0.1, 0.15) is 12.5 Å². The first-order valence-corrected chi connectivity index (χ1v) is 10.5. The Balaban J connectivity index is 1.76. The summed E-state index contributed by atoms with van der Waals surface area (Å²) in [5, 5.41) is 5.78. The van der Waals surface area contributed by atoms with Crippen molar-refractivity contribution in [3.63, 3.8) is 0 Å². The van der Waals surface area contributed by atoms with Gasteiger partial charge in [-0.1, -0.05) is 30.3 Å². The minimum absolute atomic E-state index is 0.130. The fourth-order valence-corrected chi connectivity index (χ4v) is 3.69. The standard InChI is InChI=1S/C26H23N3O5/c1-16(30)27-18-9-11-19(12-10-18)29-25(31)23(17-7-5-4-6-8-17)24(26(29)32)28-21-14-13-20(33-2)15-22(21)34-3/h4-15,28H,1-3H3,(H,27,30). The third-order valence-electron chi connectivity index (χ3n) is 5.26. The number of hydrogen-bond acceptors (Lipinski definition) is 6. The van der Waals surface area contributed by atoms with Gasteiger partial charge in [0, 0.05) is 18.7 Å². The molecule has 0 aliphatic carbocycles. The third kappa shape index (κ3) is 4.33. The number of nitrogens with one attached hydrogen (secondary N) is 2. The number of hydrogen-bond donors (Lipinski definition) is 2. The molecule has 0 bridgehead atoms. The molecule has 8 heteroatoms. The zero-order chi connectivity index (χ0) is 24.2. The predicted molar refractivity (Wildman–Crippen MR) is 130 cm³/mol. The number of imide groups is 1. The fraction of sp³-hybridized carbons (Fsp3) is 0.115. The number of rotatable bonds is 7. The molecule has 0 fully saturated rings. The highest BCUT2D eigenvalue weighted by atomic mass is 16.5. The molecule has 0 atom stereocenters. The van der Waals surface area contributed by atoms with E-state index in [0.717, 1.165) is 4.90 Å². The van der Waals surface area contributed by atoms with Gasteiger partial charge < -0.3 is 20.1 Å². The van der Waals surface area contributed by atoms with Gasteiger partial charge in [0.25, 0.3) is 11.8 Å². The van der Waals surface area contributed by atoms with Crippen LogP contribution < -0.4 is 25.0 Å². The first-order chi connectivity index (χ1) is 16.4. The minimum Gasteiger partial charge on any atom is -0.497 e. The Bertz CT molecular complexity index is 1280. The van der Waals surface area contributed by atoms with Crippen molar-refractivity contribution in [1.29, 1.82) is 0 Å². The van der Waals surface area contributed by atoms with Crippen molar-refractivity contribution in [3.8, 4) is 11.5 Å². The molecule has 0 aromatic heterocycles. The van der Waals surface area contributed by atoms with Gasteiger partial charge in [0.1, 0.15) is 17.2 Å². The zero-order valence-corrected chi connectivity index (χ0v) is 18.9. The number of methoxy groups -OCH3 is 2. The second kappa shape index (κ2) is 9.50. The Labute approximate surface area is 196 Å². The van der Waals surface area contributed by atoms with Gasteiger partial charge in [0.15, 0.2) is 0 Å². The highest BCUT2D eigenvalue weighted by Crippen LogP contribution is 2.37. The average molecular weight is 457 g/mol. The van der Waals surface area contributed by atoms with Crippen LogP contribution in [0, 0.1) is 0 Å². The molecular formula is C26H23N3O5. The van der Waals surface area contributed by atoms with Gasteiger partial charge >= 0.3 is 0 Å². The fourth-order valence-electron chi connectivity index (χ4n) is 3.69. The van der Waals surface area contributed by atoms with Crippen LogP contribution in [0.15, 0.2) is 78.5 Å². The van der Waals surface area contributed by atoms with E-state index in [9.17, 15) is 14.4 Å². The van der Waals surface area contributed by atoms with Crippen LogP contribution in [0.25, 0.3) is 5.57 Å². The molecule has 4 rings (SSSR count). The number of ether oxygens (including phenoxy) is 2. The summed E-state index contributed by atoms with van der Waals surface area (Å²) in [5.41, 5.74) is 2.44. The van der Waals surface area contributed by atoms with Crippen molar-refractivity contribution in [3.05, 3.63) is 84.1 Å². The highest BCUT2D eigenvalue weighted by Gasteiger charge is 2.40. The molecule has 0 unspecified atom stereocenters. The molecule has 0 radical (unpaired) electrons. The zero-order valence-electron chi connectivity index (χ0n) is 18.9. The Morgan fingerprint density at radius 1 is 0.853 bits per heavy atom. The maximum Gasteiger partial charge on any atom is 0.282 e. The number of carbonyl (C=O) groups is 3. The van der Waals surface area contributed by atoms with Crippen molar-refractivity contribution in [2.75, 3.05) is 29.8 Å². The van der Waals surface area contributed by atoms with Crippen molar-refractivity contribution in [2.45, 2.75) is 6.92 Å². The van der Waals surface area contributed by atoms with Crippen LogP contribution >= 0.6 is 0 Å². The van der Waals surface area contributed by atoms with Gasteiger partial charge in [-0.3, -0.25) is 14.4 Å². The van der Waals surface area contributed by atoms with E-state index in [1.54, 1.807) is 73.8 Å².